The molecule has 3 nitrogen and oxygen atoms in total. The number of carbonyl (C=O) groups excluding carboxylic acids is 1. The molecule has 0 fully saturated rings. The average Bonchev–Trinajstić information content (AvgIpc) is 2.12. The molecule has 0 saturated heterocycles. The third-order valence-corrected chi connectivity index (χ3v) is 2.50. The maximum absolute atomic E-state index is 10.7. The van der Waals surface area contributed by atoms with Gasteiger partial charge in [0.25, 0.3) is 0 Å². The number of hydrogen-bond donors (Lipinski definition) is 2. The highest BCUT2D eigenvalue weighted by atomic mass is 16.3. The van der Waals surface area contributed by atoms with Crippen molar-refractivity contribution in [3.05, 3.63) is 0 Å². The fourth-order valence-corrected chi connectivity index (χ4v) is 1.45. The van der Waals surface area contributed by atoms with E-state index < -0.39 is 0 Å². The zero-order valence-electron chi connectivity index (χ0n) is 9.33. The molecule has 2 unspecified atom stereocenters. The lowest BCUT2D eigenvalue weighted by Gasteiger charge is -2.13. The Labute approximate surface area is 86.7 Å². The van der Waals surface area contributed by atoms with Gasteiger partial charge in [-0.3, -0.25) is 4.79 Å². The van der Waals surface area contributed by atoms with Gasteiger partial charge in [0.05, 0.1) is 6.10 Å². The molecular weight excluding hydrogens is 178 g/mol. The average molecular weight is 201 g/mol. The van der Waals surface area contributed by atoms with Crippen LogP contribution in [0.5, 0.6) is 0 Å². The smallest absolute Gasteiger partial charge is 0.220 e. The number of rotatable bonds is 8. The van der Waals surface area contributed by atoms with Gasteiger partial charge in [-0.2, -0.15) is 0 Å². The van der Waals surface area contributed by atoms with Crippen molar-refractivity contribution in [3.8, 4) is 0 Å². The SMILES string of the molecule is CCCCCCC(O)CC(C)C(N)=O. The highest BCUT2D eigenvalue weighted by Crippen LogP contribution is 2.12. The molecular formula is C11H23NO2. The van der Waals surface area contributed by atoms with Crippen LogP contribution in [0.4, 0.5) is 0 Å². The van der Waals surface area contributed by atoms with Crippen molar-refractivity contribution in [2.24, 2.45) is 11.7 Å². The monoisotopic (exact) mass is 201 g/mol. The molecule has 0 aromatic carbocycles. The van der Waals surface area contributed by atoms with Crippen LogP contribution in [-0.2, 0) is 4.79 Å². The van der Waals surface area contributed by atoms with Crippen LogP contribution in [-0.4, -0.2) is 17.1 Å². The zero-order chi connectivity index (χ0) is 11.0. The van der Waals surface area contributed by atoms with Crippen molar-refractivity contribution in [1.82, 2.24) is 0 Å². The first-order valence-electron chi connectivity index (χ1n) is 5.55. The Morgan fingerprint density at radius 2 is 2.00 bits per heavy atom. The first kappa shape index (κ1) is 13.4. The summed E-state index contributed by atoms with van der Waals surface area (Å²) in [6, 6.07) is 0. The first-order chi connectivity index (χ1) is 6.57. The molecule has 0 bridgehead atoms. The number of unbranched alkanes of at least 4 members (excludes halogenated alkanes) is 3. The third-order valence-electron chi connectivity index (χ3n) is 2.50. The molecule has 2 atom stereocenters. The van der Waals surface area contributed by atoms with E-state index in [-0.39, 0.29) is 17.9 Å². The van der Waals surface area contributed by atoms with Crippen LogP contribution in [0.25, 0.3) is 0 Å². The van der Waals surface area contributed by atoms with E-state index in [9.17, 15) is 9.90 Å². The van der Waals surface area contributed by atoms with Gasteiger partial charge in [0.15, 0.2) is 0 Å². The Kier molecular flexibility index (Phi) is 7.48. The Bertz CT molecular complexity index is 159. The number of aliphatic hydroxyl groups is 1. The van der Waals surface area contributed by atoms with Gasteiger partial charge >= 0.3 is 0 Å². The number of primary amides is 1. The van der Waals surface area contributed by atoms with Gasteiger partial charge in [0.2, 0.25) is 5.91 Å². The Balaban J connectivity index is 3.45. The second kappa shape index (κ2) is 7.80. The highest BCUT2D eigenvalue weighted by Gasteiger charge is 2.14. The number of aliphatic hydroxyl groups excluding tert-OH is 1. The van der Waals surface area contributed by atoms with Gasteiger partial charge < -0.3 is 10.8 Å². The minimum Gasteiger partial charge on any atom is -0.393 e. The minimum absolute atomic E-state index is 0.212. The van der Waals surface area contributed by atoms with Crippen molar-refractivity contribution in [2.75, 3.05) is 0 Å². The molecule has 14 heavy (non-hydrogen) atoms. The molecule has 0 aliphatic rings. The summed E-state index contributed by atoms with van der Waals surface area (Å²) in [5, 5.41) is 9.56. The molecule has 3 heteroatoms. The molecule has 84 valence electrons. The summed E-state index contributed by atoms with van der Waals surface area (Å²) >= 11 is 0. The molecule has 0 aliphatic carbocycles. The van der Waals surface area contributed by atoms with Crippen LogP contribution in [0.1, 0.15) is 52.4 Å². The Morgan fingerprint density at radius 1 is 1.36 bits per heavy atom. The second-order valence-electron chi connectivity index (χ2n) is 4.04. The van der Waals surface area contributed by atoms with E-state index in [0.717, 1.165) is 12.8 Å². The Morgan fingerprint density at radius 3 is 2.50 bits per heavy atom. The largest absolute Gasteiger partial charge is 0.393 e. The van der Waals surface area contributed by atoms with E-state index in [2.05, 4.69) is 6.92 Å². The molecule has 0 radical (unpaired) electrons. The van der Waals surface area contributed by atoms with E-state index in [1.165, 1.54) is 19.3 Å². The molecule has 3 N–H and O–H groups in total. The summed E-state index contributed by atoms with van der Waals surface area (Å²) in [4.78, 5) is 10.7. The summed E-state index contributed by atoms with van der Waals surface area (Å²) < 4.78 is 0. The number of carbonyl (C=O) groups is 1. The van der Waals surface area contributed by atoms with Gasteiger partial charge in [-0.1, -0.05) is 39.5 Å². The second-order valence-corrected chi connectivity index (χ2v) is 4.04. The van der Waals surface area contributed by atoms with Crippen LogP contribution in [0.15, 0.2) is 0 Å². The molecule has 0 aliphatic heterocycles. The third kappa shape index (κ3) is 6.89. The predicted octanol–water partition coefficient (Wildman–Crippen LogP) is 1.83. The zero-order valence-corrected chi connectivity index (χ0v) is 9.33. The number of amides is 1. The van der Waals surface area contributed by atoms with Crippen LogP contribution >= 0.6 is 0 Å². The van der Waals surface area contributed by atoms with Crippen molar-refractivity contribution in [2.45, 2.75) is 58.5 Å². The van der Waals surface area contributed by atoms with Crippen LogP contribution in [0.3, 0.4) is 0 Å². The molecule has 0 aromatic heterocycles. The summed E-state index contributed by atoms with van der Waals surface area (Å²) in [6.07, 6.45) is 5.55. The van der Waals surface area contributed by atoms with E-state index in [1.807, 2.05) is 0 Å². The normalized spacial score (nSPS) is 15.1. The minimum atomic E-state index is -0.366. The lowest BCUT2D eigenvalue weighted by atomic mass is 9.99. The highest BCUT2D eigenvalue weighted by molar-refractivity contribution is 5.76. The number of hydrogen-bond acceptors (Lipinski definition) is 2. The molecule has 0 heterocycles. The summed E-state index contributed by atoms with van der Waals surface area (Å²) in [5.41, 5.74) is 5.11. The lowest BCUT2D eigenvalue weighted by Crippen LogP contribution is -2.24. The summed E-state index contributed by atoms with van der Waals surface area (Å²) in [7, 11) is 0. The standard InChI is InChI=1S/C11H23NO2/c1-3-4-5-6-7-10(13)8-9(2)11(12)14/h9-10,13H,3-8H2,1-2H3,(H2,12,14). The number of nitrogens with two attached hydrogens (primary N) is 1. The summed E-state index contributed by atoms with van der Waals surface area (Å²) in [6.45, 7) is 3.92. The van der Waals surface area contributed by atoms with Gasteiger partial charge in [-0.25, -0.2) is 0 Å². The fourth-order valence-electron chi connectivity index (χ4n) is 1.45. The first-order valence-corrected chi connectivity index (χ1v) is 5.55. The Hall–Kier alpha value is -0.570. The van der Waals surface area contributed by atoms with Gasteiger partial charge in [0.1, 0.15) is 0 Å². The van der Waals surface area contributed by atoms with Crippen LogP contribution in [0.2, 0.25) is 0 Å². The van der Waals surface area contributed by atoms with Gasteiger partial charge in [-0.05, 0) is 12.8 Å². The van der Waals surface area contributed by atoms with Crippen molar-refractivity contribution >= 4 is 5.91 Å². The van der Waals surface area contributed by atoms with E-state index in [0.29, 0.717) is 6.42 Å². The van der Waals surface area contributed by atoms with Crippen molar-refractivity contribution < 1.29 is 9.90 Å². The van der Waals surface area contributed by atoms with Gasteiger partial charge in [-0.15, -0.1) is 0 Å². The quantitative estimate of drug-likeness (QED) is 0.588. The van der Waals surface area contributed by atoms with Crippen LogP contribution < -0.4 is 5.73 Å². The predicted molar refractivity (Wildman–Crippen MR) is 57.7 cm³/mol. The van der Waals surface area contributed by atoms with E-state index >= 15 is 0 Å². The molecule has 0 spiro atoms. The lowest BCUT2D eigenvalue weighted by molar-refractivity contribution is -0.122. The molecule has 0 rings (SSSR count). The maximum Gasteiger partial charge on any atom is 0.220 e. The summed E-state index contributed by atoms with van der Waals surface area (Å²) in [5.74, 6) is -0.534. The van der Waals surface area contributed by atoms with Gasteiger partial charge in [0, 0.05) is 5.92 Å². The van der Waals surface area contributed by atoms with Crippen LogP contribution in [0, 0.1) is 5.92 Å². The van der Waals surface area contributed by atoms with E-state index in [1.54, 1.807) is 6.92 Å². The topological polar surface area (TPSA) is 63.3 Å². The molecule has 0 saturated carbocycles. The van der Waals surface area contributed by atoms with Crippen molar-refractivity contribution in [3.63, 3.8) is 0 Å². The molecule has 1 amide bonds. The fraction of sp³-hybridized carbons (Fsp3) is 0.909. The maximum atomic E-state index is 10.7. The van der Waals surface area contributed by atoms with E-state index in [4.69, 9.17) is 5.73 Å². The molecule has 0 aromatic rings. The van der Waals surface area contributed by atoms with Crippen molar-refractivity contribution in [1.29, 1.82) is 0 Å².